The minimum atomic E-state index is -4.57. The molecule has 158 valence electrons. The average Bonchev–Trinajstić information content (AvgIpc) is 3.05. The maximum atomic E-state index is 13.1. The molecule has 2 aromatic rings. The van der Waals surface area contributed by atoms with Gasteiger partial charge in [-0.3, -0.25) is 14.5 Å². The Bertz CT molecular complexity index is 859. The summed E-state index contributed by atoms with van der Waals surface area (Å²) in [5.41, 5.74) is -1.15. The number of halogens is 3. The third-order valence-electron chi connectivity index (χ3n) is 3.61. The molecule has 0 atom stereocenters. The van der Waals surface area contributed by atoms with Crippen molar-refractivity contribution in [1.29, 1.82) is 0 Å². The van der Waals surface area contributed by atoms with Gasteiger partial charge in [-0.25, -0.2) is 9.67 Å². The number of alkyl halides is 3. The first kappa shape index (κ1) is 22.3. The first-order chi connectivity index (χ1) is 13.3. The summed E-state index contributed by atoms with van der Waals surface area (Å²) in [5.74, 6) is -0.841. The second kappa shape index (κ2) is 8.60. The van der Waals surface area contributed by atoms with Gasteiger partial charge in [0.05, 0.1) is 30.0 Å². The monoisotopic (exact) mass is 412 g/mol. The molecule has 11 heteroatoms. The number of hydrogen-bond acceptors (Lipinski definition) is 5. The van der Waals surface area contributed by atoms with E-state index in [9.17, 15) is 22.8 Å². The predicted octanol–water partition coefficient (Wildman–Crippen LogP) is 2.07. The number of nitrogens with zero attached hydrogens (tertiary/aromatic N) is 4. The Labute approximate surface area is 166 Å². The summed E-state index contributed by atoms with van der Waals surface area (Å²) >= 11 is 0. The molecular weight excluding hydrogens is 389 g/mol. The number of carbonyl (C=O) groups is 2. The molecule has 0 spiro atoms. The van der Waals surface area contributed by atoms with Crippen LogP contribution in [0.5, 0.6) is 0 Å². The van der Waals surface area contributed by atoms with Crippen molar-refractivity contribution in [3.05, 3.63) is 36.4 Å². The number of anilines is 1. The minimum Gasteiger partial charge on any atom is -0.350 e. The summed E-state index contributed by atoms with van der Waals surface area (Å²) < 4.78 is 40.5. The van der Waals surface area contributed by atoms with Gasteiger partial charge in [-0.1, -0.05) is 0 Å². The van der Waals surface area contributed by atoms with Gasteiger partial charge in [0.1, 0.15) is 12.7 Å². The number of rotatable bonds is 6. The van der Waals surface area contributed by atoms with Gasteiger partial charge in [0.15, 0.2) is 0 Å². The molecule has 0 fully saturated rings. The average molecular weight is 412 g/mol. The van der Waals surface area contributed by atoms with Crippen LogP contribution < -0.4 is 10.6 Å². The smallest absolute Gasteiger partial charge is 0.350 e. The highest BCUT2D eigenvalue weighted by atomic mass is 19.4. The van der Waals surface area contributed by atoms with Crippen LogP contribution in [0.25, 0.3) is 5.69 Å². The Morgan fingerprint density at radius 1 is 1.14 bits per heavy atom. The Kier molecular flexibility index (Phi) is 6.62. The van der Waals surface area contributed by atoms with Gasteiger partial charge in [0.2, 0.25) is 11.8 Å². The topological polar surface area (TPSA) is 92.2 Å². The molecule has 8 nitrogen and oxygen atoms in total. The second-order valence-corrected chi connectivity index (χ2v) is 7.59. The number of aromatic nitrogens is 3. The zero-order valence-electron chi connectivity index (χ0n) is 16.5. The van der Waals surface area contributed by atoms with Crippen molar-refractivity contribution in [3.8, 4) is 5.69 Å². The first-order valence-electron chi connectivity index (χ1n) is 8.71. The fourth-order valence-corrected chi connectivity index (χ4v) is 2.54. The number of carbonyl (C=O) groups excluding carboxylic acids is 2. The van der Waals surface area contributed by atoms with Crippen LogP contribution in [0.2, 0.25) is 0 Å². The van der Waals surface area contributed by atoms with E-state index in [1.807, 2.05) is 20.8 Å². The molecule has 0 radical (unpaired) electrons. The molecule has 0 aliphatic rings. The maximum absolute atomic E-state index is 13.1. The Balaban J connectivity index is 2.13. The number of hydrogen-bond donors (Lipinski definition) is 2. The van der Waals surface area contributed by atoms with Crippen molar-refractivity contribution in [3.63, 3.8) is 0 Å². The fourth-order valence-electron chi connectivity index (χ4n) is 2.54. The van der Waals surface area contributed by atoms with E-state index in [1.54, 1.807) is 7.05 Å². The normalized spacial score (nSPS) is 12.1. The molecule has 0 aliphatic heterocycles. The lowest BCUT2D eigenvalue weighted by atomic mass is 10.1. The van der Waals surface area contributed by atoms with Crippen LogP contribution in [0, 0.1) is 0 Å². The van der Waals surface area contributed by atoms with Crippen LogP contribution in [0.1, 0.15) is 26.3 Å². The van der Waals surface area contributed by atoms with Gasteiger partial charge in [0.25, 0.3) is 0 Å². The third-order valence-corrected chi connectivity index (χ3v) is 3.61. The molecule has 0 unspecified atom stereocenters. The zero-order chi connectivity index (χ0) is 21.8. The highest BCUT2D eigenvalue weighted by Crippen LogP contribution is 2.33. The molecule has 1 aromatic heterocycles. The summed E-state index contributed by atoms with van der Waals surface area (Å²) in [6.45, 7) is 5.26. The summed E-state index contributed by atoms with van der Waals surface area (Å²) in [6, 6.07) is 2.93. The molecule has 0 saturated carbocycles. The van der Waals surface area contributed by atoms with E-state index in [1.165, 1.54) is 28.3 Å². The standard InChI is InChI=1S/C18H23F3N6O2/c1-17(2,3)25-16(29)9-26(4)8-15(28)24-13-7-12(18(19,20)21)5-6-14(13)27-11-22-10-23-27/h5-7,10-11H,8-9H2,1-4H3,(H,24,28)(H,25,29). The van der Waals surface area contributed by atoms with Crippen LogP contribution in [0.4, 0.5) is 18.9 Å². The van der Waals surface area contributed by atoms with Gasteiger partial charge < -0.3 is 10.6 Å². The summed E-state index contributed by atoms with van der Waals surface area (Å²) in [4.78, 5) is 29.5. The molecule has 0 aliphatic carbocycles. The Hall–Kier alpha value is -2.95. The van der Waals surface area contributed by atoms with E-state index in [-0.39, 0.29) is 30.4 Å². The largest absolute Gasteiger partial charge is 0.416 e. The molecule has 1 aromatic carbocycles. The molecule has 0 saturated heterocycles. The van der Waals surface area contributed by atoms with Gasteiger partial charge >= 0.3 is 6.18 Å². The summed E-state index contributed by atoms with van der Waals surface area (Å²) in [6.07, 6.45) is -2.03. The maximum Gasteiger partial charge on any atom is 0.416 e. The molecule has 29 heavy (non-hydrogen) atoms. The van der Waals surface area contributed by atoms with Crippen LogP contribution in [-0.2, 0) is 15.8 Å². The molecule has 2 amide bonds. The van der Waals surface area contributed by atoms with Crippen LogP contribution in [0.15, 0.2) is 30.9 Å². The van der Waals surface area contributed by atoms with E-state index in [0.717, 1.165) is 12.1 Å². The van der Waals surface area contributed by atoms with Gasteiger partial charge in [-0.15, -0.1) is 0 Å². The number of amides is 2. The van der Waals surface area contributed by atoms with E-state index >= 15 is 0 Å². The molecule has 2 N–H and O–H groups in total. The Morgan fingerprint density at radius 2 is 1.79 bits per heavy atom. The van der Waals surface area contributed by atoms with Crippen molar-refractivity contribution >= 4 is 17.5 Å². The van der Waals surface area contributed by atoms with E-state index < -0.39 is 23.2 Å². The molecule has 2 rings (SSSR count). The molecular formula is C18H23F3N6O2. The fraction of sp³-hybridized carbons (Fsp3) is 0.444. The second-order valence-electron chi connectivity index (χ2n) is 7.59. The highest BCUT2D eigenvalue weighted by Gasteiger charge is 2.31. The summed E-state index contributed by atoms with van der Waals surface area (Å²) in [5, 5.41) is 9.12. The molecule has 0 bridgehead atoms. The molecule has 1 heterocycles. The van der Waals surface area contributed by atoms with E-state index in [2.05, 4.69) is 20.7 Å². The van der Waals surface area contributed by atoms with Crippen molar-refractivity contribution in [2.24, 2.45) is 0 Å². The predicted molar refractivity (Wildman–Crippen MR) is 100 cm³/mol. The highest BCUT2D eigenvalue weighted by molar-refractivity contribution is 5.94. The number of likely N-dealkylation sites (N-methyl/N-ethyl adjacent to an activating group) is 1. The lowest BCUT2D eigenvalue weighted by Crippen LogP contribution is -2.46. The van der Waals surface area contributed by atoms with Gasteiger partial charge in [0, 0.05) is 5.54 Å². The van der Waals surface area contributed by atoms with E-state index in [0.29, 0.717) is 0 Å². The van der Waals surface area contributed by atoms with Gasteiger partial charge in [-0.05, 0) is 46.0 Å². The summed E-state index contributed by atoms with van der Waals surface area (Å²) in [7, 11) is 1.56. The van der Waals surface area contributed by atoms with Crippen molar-refractivity contribution in [2.45, 2.75) is 32.5 Å². The van der Waals surface area contributed by atoms with Gasteiger partial charge in [-0.2, -0.15) is 18.3 Å². The van der Waals surface area contributed by atoms with Crippen LogP contribution >= 0.6 is 0 Å². The Morgan fingerprint density at radius 3 is 2.34 bits per heavy atom. The minimum absolute atomic E-state index is 0.0385. The van der Waals surface area contributed by atoms with Crippen molar-refractivity contribution in [1.82, 2.24) is 25.0 Å². The van der Waals surface area contributed by atoms with Crippen molar-refractivity contribution in [2.75, 3.05) is 25.5 Å². The quantitative estimate of drug-likeness (QED) is 0.758. The first-order valence-corrected chi connectivity index (χ1v) is 8.71. The van der Waals surface area contributed by atoms with Crippen LogP contribution in [-0.4, -0.2) is 57.2 Å². The number of benzene rings is 1. The SMILES string of the molecule is CN(CC(=O)Nc1cc(C(F)(F)F)ccc1-n1cncn1)CC(=O)NC(C)(C)C. The zero-order valence-corrected chi connectivity index (χ0v) is 16.5. The van der Waals surface area contributed by atoms with E-state index in [4.69, 9.17) is 0 Å². The van der Waals surface area contributed by atoms with Crippen LogP contribution in [0.3, 0.4) is 0 Å². The number of nitrogens with one attached hydrogen (secondary N) is 2. The lowest BCUT2D eigenvalue weighted by molar-refractivity contribution is -0.137. The lowest BCUT2D eigenvalue weighted by Gasteiger charge is -2.23. The third kappa shape index (κ3) is 6.86. The van der Waals surface area contributed by atoms with Crippen molar-refractivity contribution < 1.29 is 22.8 Å².